The lowest BCUT2D eigenvalue weighted by atomic mass is 10.0. The van der Waals surface area contributed by atoms with Crippen molar-refractivity contribution in [2.75, 3.05) is 18.1 Å². The van der Waals surface area contributed by atoms with Crippen LogP contribution in [0, 0.1) is 17.2 Å². The largest absolute Gasteiger partial charge is 0.396 e. The Labute approximate surface area is 119 Å². The number of aliphatic hydroxyl groups is 1. The molecule has 2 aromatic rings. The number of nitrogens with zero attached hydrogens (tertiary/aromatic N) is 2. The molecule has 0 bridgehead atoms. The highest BCUT2D eigenvalue weighted by Crippen LogP contribution is 2.35. The van der Waals surface area contributed by atoms with E-state index in [-0.39, 0.29) is 6.61 Å². The van der Waals surface area contributed by atoms with Gasteiger partial charge in [-0.15, -0.1) is 0 Å². The number of fused-ring (bicyclic) bond motifs is 1. The van der Waals surface area contributed by atoms with Crippen molar-refractivity contribution >= 4 is 16.5 Å². The van der Waals surface area contributed by atoms with Crippen molar-refractivity contribution in [1.29, 1.82) is 5.26 Å². The highest BCUT2D eigenvalue weighted by atomic mass is 16.3. The fourth-order valence-electron chi connectivity index (χ4n) is 3.22. The molecule has 20 heavy (non-hydrogen) atoms. The molecule has 1 aliphatic heterocycles. The van der Waals surface area contributed by atoms with Gasteiger partial charge in [0.25, 0.3) is 0 Å². The SMILES string of the molecule is CC1C(CO)CCN1c1ccc(C#N)c2ccccc12. The zero-order chi connectivity index (χ0) is 14.1. The van der Waals surface area contributed by atoms with Gasteiger partial charge in [-0.3, -0.25) is 0 Å². The molecule has 1 heterocycles. The van der Waals surface area contributed by atoms with Crippen LogP contribution in [0.5, 0.6) is 0 Å². The van der Waals surface area contributed by atoms with Crippen molar-refractivity contribution in [3.63, 3.8) is 0 Å². The molecule has 2 atom stereocenters. The third-order valence-corrected chi connectivity index (χ3v) is 4.48. The van der Waals surface area contributed by atoms with Crippen LogP contribution >= 0.6 is 0 Å². The van der Waals surface area contributed by atoms with E-state index in [1.807, 2.05) is 30.3 Å². The van der Waals surface area contributed by atoms with Crippen molar-refractivity contribution in [3.8, 4) is 6.07 Å². The second-order valence-corrected chi connectivity index (χ2v) is 5.45. The monoisotopic (exact) mass is 266 g/mol. The van der Waals surface area contributed by atoms with Crippen LogP contribution in [0.1, 0.15) is 18.9 Å². The lowest BCUT2D eigenvalue weighted by Gasteiger charge is -2.27. The van der Waals surface area contributed by atoms with Crippen molar-refractivity contribution in [2.45, 2.75) is 19.4 Å². The molecule has 0 spiro atoms. The predicted octanol–water partition coefficient (Wildman–Crippen LogP) is 2.92. The summed E-state index contributed by atoms with van der Waals surface area (Å²) in [5.41, 5.74) is 1.89. The average molecular weight is 266 g/mol. The average Bonchev–Trinajstić information content (AvgIpc) is 2.87. The summed E-state index contributed by atoms with van der Waals surface area (Å²) >= 11 is 0. The number of hydrogen-bond acceptors (Lipinski definition) is 3. The van der Waals surface area contributed by atoms with E-state index in [2.05, 4.69) is 24.0 Å². The van der Waals surface area contributed by atoms with Crippen LogP contribution in [-0.4, -0.2) is 24.3 Å². The molecule has 1 aliphatic rings. The number of benzene rings is 2. The molecule has 102 valence electrons. The van der Waals surface area contributed by atoms with Gasteiger partial charge in [0.05, 0.1) is 11.6 Å². The maximum Gasteiger partial charge on any atom is 0.0998 e. The smallest absolute Gasteiger partial charge is 0.0998 e. The molecule has 2 aromatic carbocycles. The number of rotatable bonds is 2. The quantitative estimate of drug-likeness (QED) is 0.909. The summed E-state index contributed by atoms with van der Waals surface area (Å²) in [4.78, 5) is 2.35. The van der Waals surface area contributed by atoms with Gasteiger partial charge in [0.1, 0.15) is 0 Å². The molecule has 1 fully saturated rings. The molecule has 1 saturated heterocycles. The lowest BCUT2D eigenvalue weighted by Crippen LogP contribution is -2.31. The minimum absolute atomic E-state index is 0.242. The van der Waals surface area contributed by atoms with E-state index < -0.39 is 0 Å². The first-order valence-electron chi connectivity index (χ1n) is 7.05. The van der Waals surface area contributed by atoms with Crippen LogP contribution in [0.4, 0.5) is 5.69 Å². The van der Waals surface area contributed by atoms with E-state index in [1.54, 1.807) is 0 Å². The van der Waals surface area contributed by atoms with Crippen LogP contribution in [0.2, 0.25) is 0 Å². The molecular weight excluding hydrogens is 248 g/mol. The van der Waals surface area contributed by atoms with Gasteiger partial charge < -0.3 is 10.0 Å². The fourth-order valence-corrected chi connectivity index (χ4v) is 3.22. The molecule has 3 heteroatoms. The van der Waals surface area contributed by atoms with Crippen LogP contribution in [0.15, 0.2) is 36.4 Å². The second-order valence-electron chi connectivity index (χ2n) is 5.45. The maximum absolute atomic E-state index is 9.43. The van der Waals surface area contributed by atoms with Gasteiger partial charge in [-0.2, -0.15) is 5.26 Å². The van der Waals surface area contributed by atoms with Gasteiger partial charge in [-0.1, -0.05) is 24.3 Å². The summed E-state index contributed by atoms with van der Waals surface area (Å²) < 4.78 is 0. The van der Waals surface area contributed by atoms with Crippen molar-refractivity contribution < 1.29 is 5.11 Å². The Morgan fingerprint density at radius 3 is 2.65 bits per heavy atom. The van der Waals surface area contributed by atoms with E-state index in [1.165, 1.54) is 5.69 Å². The van der Waals surface area contributed by atoms with Gasteiger partial charge in [-0.05, 0) is 25.5 Å². The predicted molar refractivity (Wildman–Crippen MR) is 80.7 cm³/mol. The van der Waals surface area contributed by atoms with Crippen molar-refractivity contribution in [2.24, 2.45) is 5.92 Å². The normalized spacial score (nSPS) is 22.1. The van der Waals surface area contributed by atoms with Crippen LogP contribution < -0.4 is 4.90 Å². The van der Waals surface area contributed by atoms with Gasteiger partial charge >= 0.3 is 0 Å². The van der Waals surface area contributed by atoms with Crippen LogP contribution in [0.3, 0.4) is 0 Å². The highest BCUT2D eigenvalue weighted by molar-refractivity contribution is 5.98. The molecule has 1 N–H and O–H groups in total. The van der Waals surface area contributed by atoms with E-state index in [4.69, 9.17) is 0 Å². The molecule has 0 saturated carbocycles. The lowest BCUT2D eigenvalue weighted by molar-refractivity contribution is 0.221. The Hall–Kier alpha value is -2.05. The van der Waals surface area contributed by atoms with Crippen LogP contribution in [0.25, 0.3) is 10.8 Å². The molecule has 3 rings (SSSR count). The molecular formula is C17H18N2O. The summed E-state index contributed by atoms with van der Waals surface area (Å²) in [7, 11) is 0. The minimum atomic E-state index is 0.242. The Morgan fingerprint density at radius 2 is 2.00 bits per heavy atom. The van der Waals surface area contributed by atoms with Gasteiger partial charge in [0.15, 0.2) is 0 Å². The Morgan fingerprint density at radius 1 is 1.25 bits per heavy atom. The molecule has 0 aromatic heterocycles. The number of aliphatic hydroxyl groups excluding tert-OH is 1. The topological polar surface area (TPSA) is 47.3 Å². The summed E-state index contributed by atoms with van der Waals surface area (Å²) in [6, 6.07) is 14.6. The summed E-state index contributed by atoms with van der Waals surface area (Å²) in [6.07, 6.45) is 1.02. The molecule has 0 radical (unpaired) electrons. The van der Waals surface area contributed by atoms with E-state index in [0.717, 1.165) is 29.3 Å². The number of hydrogen-bond donors (Lipinski definition) is 1. The molecule has 0 amide bonds. The zero-order valence-electron chi connectivity index (χ0n) is 11.6. The van der Waals surface area contributed by atoms with E-state index in [9.17, 15) is 10.4 Å². The first-order valence-corrected chi connectivity index (χ1v) is 7.05. The number of nitriles is 1. The Bertz CT molecular complexity index is 674. The maximum atomic E-state index is 9.43. The third-order valence-electron chi connectivity index (χ3n) is 4.48. The van der Waals surface area contributed by atoms with Gasteiger partial charge in [-0.25, -0.2) is 0 Å². The molecule has 3 nitrogen and oxygen atoms in total. The minimum Gasteiger partial charge on any atom is -0.396 e. The molecule has 2 unspecified atom stereocenters. The first kappa shape index (κ1) is 13.0. The van der Waals surface area contributed by atoms with E-state index >= 15 is 0 Å². The fraction of sp³-hybridized carbons (Fsp3) is 0.353. The highest BCUT2D eigenvalue weighted by Gasteiger charge is 2.31. The Balaban J connectivity index is 2.12. The van der Waals surface area contributed by atoms with Gasteiger partial charge in [0.2, 0.25) is 0 Å². The summed E-state index contributed by atoms with van der Waals surface area (Å²) in [5.74, 6) is 0.337. The van der Waals surface area contributed by atoms with Gasteiger partial charge in [0, 0.05) is 41.6 Å². The zero-order valence-corrected chi connectivity index (χ0v) is 11.6. The third kappa shape index (κ3) is 1.93. The van der Waals surface area contributed by atoms with Crippen molar-refractivity contribution in [3.05, 3.63) is 42.0 Å². The first-order chi connectivity index (χ1) is 9.76. The van der Waals surface area contributed by atoms with E-state index in [0.29, 0.717) is 12.0 Å². The number of anilines is 1. The summed E-state index contributed by atoms with van der Waals surface area (Å²) in [5, 5.41) is 20.8. The van der Waals surface area contributed by atoms with Crippen molar-refractivity contribution in [1.82, 2.24) is 0 Å². The van der Waals surface area contributed by atoms with Crippen LogP contribution in [-0.2, 0) is 0 Å². The standard InChI is InChI=1S/C17H18N2O/c1-12-14(11-20)8-9-19(12)17-7-6-13(10-18)15-4-2-3-5-16(15)17/h2-7,12,14,20H,8-9,11H2,1H3. The summed E-state index contributed by atoms with van der Waals surface area (Å²) in [6.45, 7) is 3.37. The molecule has 0 aliphatic carbocycles. The second kappa shape index (κ2) is 5.15. The Kier molecular flexibility index (Phi) is 3.33.